The number of hydrogen-bond donors (Lipinski definition) is 0. The minimum absolute atomic E-state index is 0.181. The summed E-state index contributed by atoms with van der Waals surface area (Å²) in [7, 11) is 0. The predicted molar refractivity (Wildman–Crippen MR) is 82.0 cm³/mol. The van der Waals surface area contributed by atoms with Gasteiger partial charge >= 0.3 is 0 Å². The summed E-state index contributed by atoms with van der Waals surface area (Å²) >= 11 is 0. The lowest BCUT2D eigenvalue weighted by Crippen LogP contribution is -2.56. The Morgan fingerprint density at radius 1 is 0.895 bits per heavy atom. The molecule has 2 heterocycles. The van der Waals surface area contributed by atoms with Crippen molar-refractivity contribution < 1.29 is 0 Å². The molecule has 2 fully saturated rings. The van der Waals surface area contributed by atoms with Crippen LogP contribution < -0.4 is 0 Å². The summed E-state index contributed by atoms with van der Waals surface area (Å²) in [6.45, 7) is 19.7. The lowest BCUT2D eigenvalue weighted by Gasteiger charge is -2.44. The molecular weight excluding hydrogens is 234 g/mol. The van der Waals surface area contributed by atoms with E-state index in [1.807, 2.05) is 0 Å². The maximum Gasteiger partial charge on any atom is 0.0594 e. The van der Waals surface area contributed by atoms with E-state index < -0.39 is 0 Å². The second kappa shape index (κ2) is 6.55. The fourth-order valence-corrected chi connectivity index (χ4v) is 3.42. The second-order valence-electron chi connectivity index (χ2n) is 7.20. The molecule has 1 atom stereocenters. The maximum absolute atomic E-state index is 4.23. The van der Waals surface area contributed by atoms with Gasteiger partial charge in [-0.15, -0.1) is 0 Å². The molecule has 2 saturated heterocycles. The third-order valence-electron chi connectivity index (χ3n) is 4.51. The lowest BCUT2D eigenvalue weighted by atomic mass is 9.96. The summed E-state index contributed by atoms with van der Waals surface area (Å²) < 4.78 is 0. The van der Waals surface area contributed by atoms with Crippen molar-refractivity contribution >= 4 is 0 Å². The highest BCUT2D eigenvalue weighted by molar-refractivity contribution is 4.82. The SMILES string of the molecule is [CH2]C(C)(C)CN1CCN(C(C)N2CCCCC2)CC1. The number of piperidine rings is 1. The highest BCUT2D eigenvalue weighted by Gasteiger charge is 2.27. The van der Waals surface area contributed by atoms with Crippen LogP contribution in [0.3, 0.4) is 0 Å². The molecule has 0 spiro atoms. The Kier molecular flexibility index (Phi) is 5.27. The average molecular weight is 266 g/mol. The van der Waals surface area contributed by atoms with Crippen LogP contribution in [0.15, 0.2) is 0 Å². The first kappa shape index (κ1) is 15.3. The summed E-state index contributed by atoms with van der Waals surface area (Å²) in [6, 6.07) is 0. The number of piperazine rings is 1. The normalized spacial score (nSPS) is 26.5. The Balaban J connectivity index is 1.76. The Labute approximate surface area is 119 Å². The summed E-state index contributed by atoms with van der Waals surface area (Å²) in [5.74, 6) is 0. The van der Waals surface area contributed by atoms with E-state index in [-0.39, 0.29) is 5.41 Å². The van der Waals surface area contributed by atoms with Crippen molar-refractivity contribution in [3.05, 3.63) is 6.92 Å². The van der Waals surface area contributed by atoms with Gasteiger partial charge in [0.25, 0.3) is 0 Å². The first-order valence-electron chi connectivity index (χ1n) is 8.01. The van der Waals surface area contributed by atoms with Crippen LogP contribution in [0, 0.1) is 12.3 Å². The molecule has 0 N–H and O–H groups in total. The van der Waals surface area contributed by atoms with E-state index in [0.717, 1.165) is 6.54 Å². The standard InChI is InChI=1S/C16H32N3/c1-15(18-8-6-5-7-9-18)19-12-10-17(11-13-19)14-16(2,3)4/h15H,2,5-14H2,1,3-4H3. The van der Waals surface area contributed by atoms with Crippen molar-refractivity contribution in [2.75, 3.05) is 45.8 Å². The fourth-order valence-electron chi connectivity index (χ4n) is 3.42. The molecule has 19 heavy (non-hydrogen) atoms. The summed E-state index contributed by atoms with van der Waals surface area (Å²) in [4.78, 5) is 7.91. The highest BCUT2D eigenvalue weighted by Crippen LogP contribution is 2.19. The van der Waals surface area contributed by atoms with Crippen LogP contribution in [0.1, 0.15) is 40.0 Å². The molecule has 1 radical (unpaired) electrons. The fraction of sp³-hybridized carbons (Fsp3) is 0.938. The van der Waals surface area contributed by atoms with Crippen LogP contribution in [0.25, 0.3) is 0 Å². The van der Waals surface area contributed by atoms with Gasteiger partial charge in [-0.1, -0.05) is 20.3 Å². The van der Waals surface area contributed by atoms with Gasteiger partial charge in [0.2, 0.25) is 0 Å². The molecular formula is C16H32N3. The van der Waals surface area contributed by atoms with Crippen molar-refractivity contribution in [3.8, 4) is 0 Å². The Bertz CT molecular complexity index is 258. The molecule has 0 aromatic carbocycles. The van der Waals surface area contributed by atoms with Crippen LogP contribution in [0.2, 0.25) is 0 Å². The van der Waals surface area contributed by atoms with Gasteiger partial charge in [-0.25, -0.2) is 0 Å². The smallest absolute Gasteiger partial charge is 0.0594 e. The highest BCUT2D eigenvalue weighted by atomic mass is 15.4. The quantitative estimate of drug-likeness (QED) is 0.773. The first-order chi connectivity index (χ1) is 8.96. The molecule has 1 unspecified atom stereocenters. The van der Waals surface area contributed by atoms with Crippen molar-refractivity contribution in [1.82, 2.24) is 14.7 Å². The molecule has 2 aliphatic heterocycles. The van der Waals surface area contributed by atoms with Crippen molar-refractivity contribution in [1.29, 1.82) is 0 Å². The summed E-state index contributed by atoms with van der Waals surface area (Å²) in [5, 5.41) is 0. The van der Waals surface area contributed by atoms with Crippen LogP contribution in [-0.2, 0) is 0 Å². The number of likely N-dealkylation sites (tertiary alicyclic amines) is 1. The van der Waals surface area contributed by atoms with E-state index in [1.54, 1.807) is 0 Å². The lowest BCUT2D eigenvalue weighted by molar-refractivity contribution is 0.00382. The van der Waals surface area contributed by atoms with E-state index in [4.69, 9.17) is 0 Å². The summed E-state index contributed by atoms with van der Waals surface area (Å²) in [6.07, 6.45) is 4.84. The maximum atomic E-state index is 4.23. The molecule has 0 bridgehead atoms. The molecule has 0 aromatic heterocycles. The van der Waals surface area contributed by atoms with Gasteiger partial charge in [0.15, 0.2) is 0 Å². The minimum Gasteiger partial charge on any atom is -0.300 e. The van der Waals surface area contributed by atoms with Gasteiger partial charge in [0.1, 0.15) is 0 Å². The predicted octanol–water partition coefficient (Wildman–Crippen LogP) is 2.30. The molecule has 111 valence electrons. The molecule has 0 saturated carbocycles. The van der Waals surface area contributed by atoms with Crippen LogP contribution >= 0.6 is 0 Å². The average Bonchev–Trinajstić information content (AvgIpc) is 2.38. The zero-order valence-electron chi connectivity index (χ0n) is 13.2. The van der Waals surface area contributed by atoms with Gasteiger partial charge in [-0.05, 0) is 45.2 Å². The molecule has 2 aliphatic rings. The third-order valence-corrected chi connectivity index (χ3v) is 4.51. The molecule has 3 heteroatoms. The van der Waals surface area contributed by atoms with E-state index in [9.17, 15) is 0 Å². The van der Waals surface area contributed by atoms with E-state index in [1.165, 1.54) is 58.5 Å². The molecule has 0 aliphatic carbocycles. The van der Waals surface area contributed by atoms with Gasteiger partial charge in [0.05, 0.1) is 6.17 Å². The van der Waals surface area contributed by atoms with E-state index in [2.05, 4.69) is 42.4 Å². The van der Waals surface area contributed by atoms with Crippen molar-refractivity contribution in [3.63, 3.8) is 0 Å². The van der Waals surface area contributed by atoms with Gasteiger partial charge in [0, 0.05) is 32.7 Å². The zero-order valence-corrected chi connectivity index (χ0v) is 13.2. The third kappa shape index (κ3) is 4.73. The van der Waals surface area contributed by atoms with E-state index >= 15 is 0 Å². The Morgan fingerprint density at radius 2 is 1.42 bits per heavy atom. The van der Waals surface area contributed by atoms with Crippen LogP contribution in [0.5, 0.6) is 0 Å². The first-order valence-corrected chi connectivity index (χ1v) is 8.01. The van der Waals surface area contributed by atoms with Crippen molar-refractivity contribution in [2.24, 2.45) is 5.41 Å². The van der Waals surface area contributed by atoms with Crippen molar-refractivity contribution in [2.45, 2.75) is 46.2 Å². The van der Waals surface area contributed by atoms with Crippen LogP contribution in [-0.4, -0.2) is 66.7 Å². The van der Waals surface area contributed by atoms with Gasteiger partial charge in [-0.3, -0.25) is 9.80 Å². The number of hydrogen-bond acceptors (Lipinski definition) is 3. The second-order valence-corrected chi connectivity index (χ2v) is 7.20. The largest absolute Gasteiger partial charge is 0.300 e. The molecule has 2 rings (SSSR count). The number of nitrogens with zero attached hydrogens (tertiary/aromatic N) is 3. The minimum atomic E-state index is 0.181. The van der Waals surface area contributed by atoms with Gasteiger partial charge in [-0.2, -0.15) is 0 Å². The Morgan fingerprint density at radius 3 is 1.95 bits per heavy atom. The molecule has 3 nitrogen and oxygen atoms in total. The molecule has 0 aromatic rings. The van der Waals surface area contributed by atoms with Gasteiger partial charge < -0.3 is 4.90 Å². The van der Waals surface area contributed by atoms with Crippen LogP contribution in [0.4, 0.5) is 0 Å². The Hall–Kier alpha value is -0.120. The zero-order chi connectivity index (χ0) is 13.9. The number of rotatable bonds is 4. The van der Waals surface area contributed by atoms with E-state index in [0.29, 0.717) is 6.17 Å². The monoisotopic (exact) mass is 266 g/mol. The molecule has 0 amide bonds. The topological polar surface area (TPSA) is 9.72 Å². The summed E-state index contributed by atoms with van der Waals surface area (Å²) in [5.41, 5.74) is 0.181.